The summed E-state index contributed by atoms with van der Waals surface area (Å²) in [6.07, 6.45) is -18.6. The van der Waals surface area contributed by atoms with Gasteiger partial charge in [0.05, 0.1) is 16.2 Å². The van der Waals surface area contributed by atoms with Crippen molar-refractivity contribution in [2.24, 2.45) is 5.89 Å². The molecule has 5 nitrogen and oxygen atoms in total. The van der Waals surface area contributed by atoms with E-state index in [0.29, 0.717) is 5.56 Å². The average molecular weight is 422 g/mol. The lowest BCUT2D eigenvalue weighted by atomic mass is 9.84. The highest BCUT2D eigenvalue weighted by molar-refractivity contribution is 6.34. The zero-order chi connectivity index (χ0) is 33.5. The van der Waals surface area contributed by atoms with Gasteiger partial charge in [-0.25, -0.2) is 4.79 Å². The molecule has 0 atom stereocenters. The Morgan fingerprint density at radius 2 is 2.00 bits per heavy atom. The first-order chi connectivity index (χ1) is 19.2. The fourth-order valence-corrected chi connectivity index (χ4v) is 2.91. The van der Waals surface area contributed by atoms with E-state index in [4.69, 9.17) is 32.2 Å². The van der Waals surface area contributed by atoms with Crippen molar-refractivity contribution in [3.05, 3.63) is 28.7 Å². The van der Waals surface area contributed by atoms with Crippen LogP contribution in [0.2, 0.25) is 5.02 Å². The predicted octanol–water partition coefficient (Wildman–Crippen LogP) is 3.99. The quantitative estimate of drug-likeness (QED) is 0.781. The van der Waals surface area contributed by atoms with Crippen molar-refractivity contribution in [2.75, 3.05) is 51.7 Å². The van der Waals surface area contributed by atoms with Crippen LogP contribution >= 0.6 is 11.6 Å². The molecule has 1 aromatic rings. The molecule has 1 heterocycles. The smallest absolute Gasteiger partial charge is 0.317 e. The van der Waals surface area contributed by atoms with Crippen LogP contribution in [0.25, 0.3) is 0 Å². The van der Waals surface area contributed by atoms with Gasteiger partial charge in [-0.3, -0.25) is 4.90 Å². The van der Waals surface area contributed by atoms with Crippen molar-refractivity contribution < 1.29 is 25.4 Å². The molecule has 1 saturated carbocycles. The van der Waals surface area contributed by atoms with Crippen LogP contribution in [0.15, 0.2) is 18.1 Å². The molecular weight excluding hydrogens is 372 g/mol. The summed E-state index contributed by atoms with van der Waals surface area (Å²) < 4.78 is 128. The van der Waals surface area contributed by atoms with Crippen LogP contribution in [0.5, 0.6) is 0 Å². The lowest BCUT2D eigenvalue weighted by Crippen LogP contribution is -2.47. The molecule has 2 fully saturated rings. The third-order valence-electron chi connectivity index (χ3n) is 4.40. The minimum Gasteiger partial charge on any atom is -0.368 e. The van der Waals surface area contributed by atoms with Gasteiger partial charge in [0.1, 0.15) is 0 Å². The minimum atomic E-state index is -3.87. The summed E-state index contributed by atoms with van der Waals surface area (Å²) in [6, 6.07) is -5.59. The number of benzene rings is 1. The van der Waals surface area contributed by atoms with E-state index in [-0.39, 0.29) is 55.0 Å². The molecule has 1 aromatic carbocycles. The topological polar surface area (TPSA) is 38.8 Å². The van der Waals surface area contributed by atoms with E-state index in [1.54, 1.807) is 17.1 Å². The first kappa shape index (κ1) is 9.13. The van der Waals surface area contributed by atoms with Crippen molar-refractivity contribution in [3.63, 3.8) is 0 Å². The fraction of sp³-hybridized carbons (Fsp3) is 0.682. The molecule has 2 aliphatic rings. The van der Waals surface area contributed by atoms with Crippen LogP contribution in [-0.4, -0.2) is 68.7 Å². The number of carbonyl (C=O) groups excluding carboxylic acids is 1. The van der Waals surface area contributed by atoms with Gasteiger partial charge in [-0.1, -0.05) is 23.7 Å². The van der Waals surface area contributed by atoms with Gasteiger partial charge in [0.25, 0.3) is 0 Å². The van der Waals surface area contributed by atoms with Crippen molar-refractivity contribution in [1.29, 1.82) is 0 Å². The van der Waals surface area contributed by atoms with Crippen LogP contribution in [0.4, 0.5) is 10.5 Å². The van der Waals surface area contributed by atoms with Crippen molar-refractivity contribution in [3.8, 4) is 0 Å². The second-order valence-corrected chi connectivity index (χ2v) is 7.06. The summed E-state index contributed by atoms with van der Waals surface area (Å²) in [5, 5.41) is 1.87. The number of piperazine rings is 1. The molecule has 1 aliphatic carbocycles. The highest BCUT2D eigenvalue weighted by Crippen LogP contribution is 2.30. The summed E-state index contributed by atoms with van der Waals surface area (Å²) in [6.45, 7) is 1.04. The molecule has 1 N–H and O–H groups in total. The number of hydrogen-bond acceptors (Lipinski definition) is 3. The van der Waals surface area contributed by atoms with Crippen molar-refractivity contribution in [1.82, 2.24) is 15.1 Å². The zero-order valence-electron chi connectivity index (χ0n) is 31.2. The van der Waals surface area contributed by atoms with Crippen molar-refractivity contribution in [2.45, 2.75) is 44.8 Å². The number of rotatable bonds is 5. The van der Waals surface area contributed by atoms with E-state index in [0.717, 1.165) is 4.90 Å². The molecule has 0 aromatic heterocycles. The van der Waals surface area contributed by atoms with Crippen LogP contribution < -0.4 is 10.2 Å². The Hall–Kier alpha value is -1.46. The summed E-state index contributed by atoms with van der Waals surface area (Å²) in [7, 11) is 2.39. The standard InChI is InChI=1S/C22H35ClN4O/c1-17-5-4-6-20(21(17)23)27-15-13-26(14-16-27)12-11-18-7-9-19(10-8-18)24-22(28)25(2)3/h4-6,18-19H,7-16H2,1-3H3,(H,24,28)/i4D,5D,6D,7D2,8D2,9D2,10D2,11D2,18D,19D. The van der Waals surface area contributed by atoms with Crippen LogP contribution in [0.3, 0.4) is 0 Å². The molecule has 28 heavy (non-hydrogen) atoms. The number of urea groups is 1. The minimum absolute atomic E-state index is 0.0351. The molecule has 1 saturated heterocycles. The molecule has 1 aliphatic heterocycles. The molecule has 6 heteroatoms. The monoisotopic (exact) mass is 421 g/mol. The molecular formula is C22H35ClN4O. The zero-order valence-corrected chi connectivity index (χ0v) is 16.9. The fourth-order valence-electron chi connectivity index (χ4n) is 2.69. The highest BCUT2D eigenvalue weighted by atomic mass is 35.5. The predicted molar refractivity (Wildman–Crippen MR) is 117 cm³/mol. The Bertz CT molecular complexity index is 1230. The van der Waals surface area contributed by atoms with Gasteiger partial charge in [-0.15, -0.1) is 0 Å². The number of anilines is 1. The summed E-state index contributed by atoms with van der Waals surface area (Å²) in [5.74, 6) is -3.77. The number of nitrogens with one attached hydrogen (secondary N) is 1. The molecule has 156 valence electrons. The Morgan fingerprint density at radius 1 is 1.32 bits per heavy atom. The number of nitrogens with zero attached hydrogens (tertiary/aromatic N) is 3. The van der Waals surface area contributed by atoms with E-state index in [1.807, 2.05) is 0 Å². The largest absolute Gasteiger partial charge is 0.368 e. The van der Waals surface area contributed by atoms with E-state index in [1.165, 1.54) is 19.0 Å². The maximum Gasteiger partial charge on any atom is 0.317 e. The van der Waals surface area contributed by atoms with E-state index >= 15 is 0 Å². The second-order valence-electron chi connectivity index (χ2n) is 6.68. The molecule has 0 spiro atoms. The number of hydrogen-bond donors (Lipinski definition) is 1. The Labute approximate surface area is 196 Å². The van der Waals surface area contributed by atoms with Gasteiger partial charge in [-0.2, -0.15) is 0 Å². The normalized spacial score (nSPS) is 44.3. The Kier molecular flexibility index (Phi) is 3.21. The average Bonchev–Trinajstić information content (AvgIpc) is 2.89. The molecule has 2 amide bonds. The van der Waals surface area contributed by atoms with Gasteiger partial charge in [0.2, 0.25) is 0 Å². The first-order valence-corrected chi connectivity index (χ1v) is 9.30. The first-order valence-electron chi connectivity index (χ1n) is 16.4. The van der Waals surface area contributed by atoms with E-state index in [2.05, 4.69) is 0 Å². The van der Waals surface area contributed by atoms with Gasteiger partial charge in [0, 0.05) is 61.4 Å². The SMILES string of the molecule is [2H]c1c([2H])c(C)c(Cl)c(N2CCN(CC([2H])([2H])C3([2H])C([2H])([2H])C([2H])([2H])C([2H])(NC(=O)N(C)C)C([2H])([2H])C3([2H])[2H])CC2)c1[2H]. The third kappa shape index (κ3) is 5.54. The Balaban J connectivity index is 1.98. The van der Waals surface area contributed by atoms with Gasteiger partial charge >= 0.3 is 6.03 Å². The van der Waals surface area contributed by atoms with Crippen LogP contribution in [0, 0.1) is 12.8 Å². The highest BCUT2D eigenvalue weighted by Gasteiger charge is 2.24. The third-order valence-corrected chi connectivity index (χ3v) is 4.86. The lowest BCUT2D eigenvalue weighted by Gasteiger charge is -2.37. The van der Waals surface area contributed by atoms with E-state index in [9.17, 15) is 4.79 Å². The molecule has 3 rings (SSSR count). The lowest BCUT2D eigenvalue weighted by molar-refractivity contribution is 0.194. The van der Waals surface area contributed by atoms with Gasteiger partial charge < -0.3 is 15.1 Å². The maximum atomic E-state index is 12.4. The summed E-state index contributed by atoms with van der Waals surface area (Å²) >= 11 is 6.40. The van der Waals surface area contributed by atoms with Crippen LogP contribution in [-0.2, 0) is 0 Å². The molecule has 0 unspecified atom stereocenters. The van der Waals surface area contributed by atoms with E-state index < -0.39 is 56.4 Å². The second kappa shape index (κ2) is 9.84. The maximum absolute atomic E-state index is 12.4. The van der Waals surface area contributed by atoms with Crippen molar-refractivity contribution >= 4 is 23.3 Å². The summed E-state index contributed by atoms with van der Waals surface area (Å²) in [4.78, 5) is 16.3. The number of halogens is 1. The van der Waals surface area contributed by atoms with Gasteiger partial charge in [0.15, 0.2) is 0 Å². The van der Waals surface area contributed by atoms with Crippen LogP contribution in [0.1, 0.15) is 58.0 Å². The molecule has 0 radical (unpaired) electrons. The Morgan fingerprint density at radius 3 is 2.64 bits per heavy atom. The summed E-state index contributed by atoms with van der Waals surface area (Å²) in [5.41, 5.74) is 0.526. The van der Waals surface area contributed by atoms with Gasteiger partial charge in [-0.05, 0) is 62.8 Å². The number of amides is 2. The number of carbonyl (C=O) groups is 1. The molecule has 0 bridgehead atoms.